The maximum absolute atomic E-state index is 12.3. The van der Waals surface area contributed by atoms with E-state index in [1.165, 1.54) is 23.1 Å². The van der Waals surface area contributed by atoms with Crippen LogP contribution in [0.4, 0.5) is 5.69 Å². The maximum Gasteiger partial charge on any atom is 0.237 e. The van der Waals surface area contributed by atoms with Gasteiger partial charge in [-0.3, -0.25) is 4.79 Å². The van der Waals surface area contributed by atoms with Gasteiger partial charge in [0.1, 0.15) is 0 Å². The number of benzene rings is 2. The highest BCUT2D eigenvalue weighted by Crippen LogP contribution is 2.28. The Kier molecular flexibility index (Phi) is 5.44. The van der Waals surface area contributed by atoms with Crippen LogP contribution in [0.3, 0.4) is 0 Å². The Hall–Kier alpha value is -1.96. The molecular formula is C17H15N3OS3. The van der Waals surface area contributed by atoms with Crippen LogP contribution in [-0.4, -0.2) is 20.9 Å². The van der Waals surface area contributed by atoms with Crippen LogP contribution in [-0.2, 0) is 4.79 Å². The molecule has 24 heavy (non-hydrogen) atoms. The summed E-state index contributed by atoms with van der Waals surface area (Å²) in [5.74, 6) is -0.0569. The molecule has 0 aliphatic rings. The summed E-state index contributed by atoms with van der Waals surface area (Å²) < 4.78 is 3.17. The van der Waals surface area contributed by atoms with Crippen molar-refractivity contribution in [2.45, 2.75) is 16.5 Å². The van der Waals surface area contributed by atoms with Gasteiger partial charge in [-0.25, -0.2) is 4.68 Å². The van der Waals surface area contributed by atoms with Crippen molar-refractivity contribution in [2.24, 2.45) is 0 Å². The molecule has 0 saturated heterocycles. The minimum absolute atomic E-state index is 0.0569. The molecule has 4 nitrogen and oxygen atoms in total. The van der Waals surface area contributed by atoms with Crippen molar-refractivity contribution in [2.75, 3.05) is 5.32 Å². The van der Waals surface area contributed by atoms with Gasteiger partial charge in [0, 0.05) is 5.69 Å². The number of carbonyl (C=O) groups is 1. The Balaban J connectivity index is 1.70. The summed E-state index contributed by atoms with van der Waals surface area (Å²) in [7, 11) is 0. The smallest absolute Gasteiger partial charge is 0.237 e. The van der Waals surface area contributed by atoms with E-state index < -0.39 is 0 Å². The van der Waals surface area contributed by atoms with Crippen LogP contribution in [0, 0.1) is 3.95 Å². The average molecular weight is 374 g/mol. The lowest BCUT2D eigenvalue weighted by atomic mass is 10.3. The van der Waals surface area contributed by atoms with Crippen molar-refractivity contribution >= 4 is 46.9 Å². The molecule has 0 radical (unpaired) electrons. The largest absolute Gasteiger partial charge is 0.325 e. The van der Waals surface area contributed by atoms with E-state index in [0.29, 0.717) is 3.95 Å². The molecule has 0 aliphatic heterocycles. The SMILES string of the molecule is CC(Sc1nn(-c2ccccc2)c(=S)s1)C(=O)Nc1ccccc1. The van der Waals surface area contributed by atoms with Crippen LogP contribution < -0.4 is 5.32 Å². The monoisotopic (exact) mass is 373 g/mol. The lowest BCUT2D eigenvalue weighted by molar-refractivity contribution is -0.115. The molecule has 1 N–H and O–H groups in total. The van der Waals surface area contributed by atoms with Crippen molar-refractivity contribution < 1.29 is 4.79 Å². The zero-order chi connectivity index (χ0) is 16.9. The standard InChI is InChI=1S/C17H15N3OS3/c1-12(15(21)18-13-8-4-2-5-9-13)23-16-19-20(17(22)24-16)14-10-6-3-7-11-14/h2-12H,1H3,(H,18,21). The number of rotatable bonds is 5. The van der Waals surface area contributed by atoms with Gasteiger partial charge in [0.05, 0.1) is 10.9 Å². The first-order valence-corrected chi connectivity index (χ1v) is 9.42. The minimum Gasteiger partial charge on any atom is -0.325 e. The van der Waals surface area contributed by atoms with E-state index in [9.17, 15) is 4.79 Å². The van der Waals surface area contributed by atoms with Crippen molar-refractivity contribution in [3.63, 3.8) is 0 Å². The normalized spacial score (nSPS) is 11.9. The number of hydrogen-bond donors (Lipinski definition) is 1. The third kappa shape index (κ3) is 4.11. The molecular weight excluding hydrogens is 358 g/mol. The van der Waals surface area contributed by atoms with Gasteiger partial charge in [-0.1, -0.05) is 59.5 Å². The number of aromatic nitrogens is 2. The highest BCUT2D eigenvalue weighted by molar-refractivity contribution is 8.02. The van der Waals surface area contributed by atoms with Crippen molar-refractivity contribution in [1.82, 2.24) is 9.78 Å². The van der Waals surface area contributed by atoms with Crippen LogP contribution in [0.15, 0.2) is 65.0 Å². The summed E-state index contributed by atoms with van der Waals surface area (Å²) in [6.07, 6.45) is 0. The number of amides is 1. The van der Waals surface area contributed by atoms with Crippen molar-refractivity contribution in [3.8, 4) is 5.69 Å². The first-order valence-electron chi connectivity index (χ1n) is 7.31. The Morgan fingerprint density at radius 1 is 1.17 bits per heavy atom. The van der Waals surface area contributed by atoms with Gasteiger partial charge in [0.25, 0.3) is 0 Å². The second kappa shape index (κ2) is 7.74. The molecule has 1 atom stereocenters. The molecule has 1 heterocycles. The summed E-state index contributed by atoms with van der Waals surface area (Å²) in [6.45, 7) is 1.86. The van der Waals surface area contributed by atoms with E-state index in [1.54, 1.807) is 4.68 Å². The molecule has 0 fully saturated rings. The van der Waals surface area contributed by atoms with Gasteiger partial charge >= 0.3 is 0 Å². The van der Waals surface area contributed by atoms with Crippen molar-refractivity contribution in [1.29, 1.82) is 0 Å². The summed E-state index contributed by atoms with van der Waals surface area (Å²) in [6, 6.07) is 19.2. The molecule has 1 unspecified atom stereocenters. The number of nitrogens with zero attached hydrogens (tertiary/aromatic N) is 2. The summed E-state index contributed by atoms with van der Waals surface area (Å²) in [4.78, 5) is 12.3. The number of anilines is 1. The zero-order valence-corrected chi connectivity index (χ0v) is 15.3. The molecule has 0 saturated carbocycles. The predicted octanol–water partition coefficient (Wildman–Crippen LogP) is 4.78. The second-order valence-electron chi connectivity index (χ2n) is 5.00. The molecule has 2 aromatic carbocycles. The number of carbonyl (C=O) groups excluding carboxylic acids is 1. The molecule has 0 aliphatic carbocycles. The molecule has 0 spiro atoms. The fraction of sp³-hybridized carbons (Fsp3) is 0.118. The fourth-order valence-corrected chi connectivity index (χ4v) is 4.52. The van der Waals surface area contributed by atoms with Gasteiger partial charge < -0.3 is 5.32 Å². The number of nitrogens with one attached hydrogen (secondary N) is 1. The molecule has 7 heteroatoms. The first kappa shape index (κ1) is 16.9. The third-order valence-corrected chi connectivity index (χ3v) is 5.63. The molecule has 0 bridgehead atoms. The Bertz CT molecular complexity index is 875. The highest BCUT2D eigenvalue weighted by atomic mass is 32.2. The van der Waals surface area contributed by atoms with Crippen LogP contribution in [0.5, 0.6) is 0 Å². The Labute approximate surface area is 153 Å². The zero-order valence-electron chi connectivity index (χ0n) is 12.9. The van der Waals surface area contributed by atoms with Gasteiger partial charge in [-0.05, 0) is 43.4 Å². The van der Waals surface area contributed by atoms with Crippen LogP contribution in [0.25, 0.3) is 5.69 Å². The van der Waals surface area contributed by atoms with Gasteiger partial charge in [0.15, 0.2) is 8.29 Å². The molecule has 122 valence electrons. The Morgan fingerprint density at radius 3 is 2.46 bits per heavy atom. The van der Waals surface area contributed by atoms with Crippen molar-refractivity contribution in [3.05, 3.63) is 64.6 Å². The van der Waals surface area contributed by atoms with Gasteiger partial charge in [-0.15, -0.1) is 5.10 Å². The molecule has 3 rings (SSSR count). The molecule has 1 aromatic heterocycles. The first-order chi connectivity index (χ1) is 11.6. The summed E-state index contributed by atoms with van der Waals surface area (Å²) >= 11 is 8.20. The summed E-state index contributed by atoms with van der Waals surface area (Å²) in [5.41, 5.74) is 1.71. The van der Waals surface area contributed by atoms with Crippen LogP contribution in [0.1, 0.15) is 6.92 Å². The van der Waals surface area contributed by atoms with E-state index in [-0.39, 0.29) is 11.2 Å². The third-order valence-electron chi connectivity index (χ3n) is 3.22. The highest BCUT2D eigenvalue weighted by Gasteiger charge is 2.17. The quantitative estimate of drug-likeness (QED) is 0.516. The van der Waals surface area contributed by atoms with E-state index >= 15 is 0 Å². The van der Waals surface area contributed by atoms with E-state index in [4.69, 9.17) is 12.2 Å². The number of hydrogen-bond acceptors (Lipinski definition) is 5. The minimum atomic E-state index is -0.269. The molecule has 3 aromatic rings. The number of para-hydroxylation sites is 2. The number of thioether (sulfide) groups is 1. The van der Waals surface area contributed by atoms with Gasteiger partial charge in [-0.2, -0.15) is 0 Å². The van der Waals surface area contributed by atoms with Crippen LogP contribution >= 0.6 is 35.3 Å². The Morgan fingerprint density at radius 2 is 1.79 bits per heavy atom. The lowest BCUT2D eigenvalue weighted by Crippen LogP contribution is -2.22. The molecule has 1 amide bonds. The van der Waals surface area contributed by atoms with E-state index in [1.807, 2.05) is 67.6 Å². The second-order valence-corrected chi connectivity index (χ2v) is 8.21. The fourth-order valence-electron chi connectivity index (χ4n) is 2.01. The predicted molar refractivity (Wildman–Crippen MR) is 103 cm³/mol. The van der Waals surface area contributed by atoms with Crippen LogP contribution in [0.2, 0.25) is 0 Å². The van der Waals surface area contributed by atoms with E-state index in [0.717, 1.165) is 15.7 Å². The topological polar surface area (TPSA) is 46.9 Å². The van der Waals surface area contributed by atoms with Gasteiger partial charge in [0.2, 0.25) is 5.91 Å². The average Bonchev–Trinajstić information content (AvgIpc) is 2.97. The van der Waals surface area contributed by atoms with E-state index in [2.05, 4.69) is 10.4 Å². The summed E-state index contributed by atoms with van der Waals surface area (Å²) in [5, 5.41) is 7.15. The maximum atomic E-state index is 12.3. The lowest BCUT2D eigenvalue weighted by Gasteiger charge is -2.10.